The number of amides is 2. The summed E-state index contributed by atoms with van der Waals surface area (Å²) in [6.07, 6.45) is 4.18. The largest absolute Gasteiger partial charge is 0.478 e. The van der Waals surface area contributed by atoms with E-state index in [0.29, 0.717) is 5.69 Å². The summed E-state index contributed by atoms with van der Waals surface area (Å²) >= 11 is 5.78. The predicted octanol–water partition coefficient (Wildman–Crippen LogP) is 2.47. The van der Waals surface area contributed by atoms with Gasteiger partial charge in [0.25, 0.3) is 0 Å². The van der Waals surface area contributed by atoms with Crippen LogP contribution in [0.3, 0.4) is 0 Å². The van der Waals surface area contributed by atoms with Gasteiger partial charge in [-0.15, -0.1) is 0 Å². The van der Waals surface area contributed by atoms with Crippen LogP contribution in [0.25, 0.3) is 0 Å². The van der Waals surface area contributed by atoms with Crippen LogP contribution in [0.2, 0.25) is 5.02 Å². The molecule has 8 heteroatoms. The number of carboxylic acid groups (broad SMARTS) is 1. The number of benzene rings is 1. The molecule has 0 aliphatic carbocycles. The van der Waals surface area contributed by atoms with Gasteiger partial charge in [-0.2, -0.15) is 0 Å². The molecule has 0 saturated heterocycles. The highest BCUT2D eigenvalue weighted by Crippen LogP contribution is 2.19. The summed E-state index contributed by atoms with van der Waals surface area (Å²) in [7, 11) is 0. The number of anilines is 2. The van der Waals surface area contributed by atoms with Gasteiger partial charge in [0.15, 0.2) is 0 Å². The first-order chi connectivity index (χ1) is 9.54. The number of carbonyl (C=O) groups excluding carboxylic acids is 1. The molecule has 0 unspecified atom stereocenters. The molecule has 102 valence electrons. The second-order valence-electron chi connectivity index (χ2n) is 3.74. The molecule has 0 fully saturated rings. The van der Waals surface area contributed by atoms with Crippen LogP contribution in [0, 0.1) is 0 Å². The maximum Gasteiger partial charge on any atom is 0.335 e. The number of hydrogen-bond acceptors (Lipinski definition) is 4. The predicted molar refractivity (Wildman–Crippen MR) is 73.1 cm³/mol. The fraction of sp³-hybridized carbons (Fsp3) is 0. The van der Waals surface area contributed by atoms with Crippen molar-refractivity contribution >= 4 is 35.0 Å². The third-order valence-electron chi connectivity index (χ3n) is 2.22. The van der Waals surface area contributed by atoms with Crippen molar-refractivity contribution in [3.63, 3.8) is 0 Å². The zero-order chi connectivity index (χ0) is 14.5. The van der Waals surface area contributed by atoms with E-state index in [1.807, 2.05) is 0 Å². The molecule has 1 heterocycles. The Labute approximate surface area is 118 Å². The summed E-state index contributed by atoms with van der Waals surface area (Å²) in [5.41, 5.74) is 0.658. The Balaban J connectivity index is 2.10. The average Bonchev–Trinajstić information content (AvgIpc) is 2.38. The first kappa shape index (κ1) is 13.8. The summed E-state index contributed by atoms with van der Waals surface area (Å²) in [4.78, 5) is 30.1. The molecule has 2 aromatic rings. The minimum Gasteiger partial charge on any atom is -0.478 e. The molecular weight excluding hydrogens is 284 g/mol. The highest BCUT2D eigenvalue weighted by Gasteiger charge is 2.09. The lowest BCUT2D eigenvalue weighted by molar-refractivity contribution is 0.0697. The number of hydrogen-bond donors (Lipinski definition) is 3. The molecule has 0 bridgehead atoms. The van der Waals surface area contributed by atoms with Crippen LogP contribution in [-0.4, -0.2) is 27.1 Å². The standard InChI is InChI=1S/C12H9ClN4O3/c13-8-1-7(11(18)19)2-9(3-8)16-12(20)17-10-4-14-6-15-5-10/h1-6H,(H,18,19)(H2,16,17,20). The van der Waals surface area contributed by atoms with Gasteiger partial charge in [0.2, 0.25) is 0 Å². The molecule has 20 heavy (non-hydrogen) atoms. The molecule has 7 nitrogen and oxygen atoms in total. The Morgan fingerprint density at radius 2 is 1.70 bits per heavy atom. The number of nitrogens with one attached hydrogen (secondary N) is 2. The third kappa shape index (κ3) is 3.66. The summed E-state index contributed by atoms with van der Waals surface area (Å²) in [5.74, 6) is -1.13. The maximum atomic E-state index is 11.7. The fourth-order valence-electron chi connectivity index (χ4n) is 1.44. The number of rotatable bonds is 3. The van der Waals surface area contributed by atoms with Crippen molar-refractivity contribution in [3.05, 3.63) is 47.5 Å². The Morgan fingerprint density at radius 3 is 2.35 bits per heavy atom. The lowest BCUT2D eigenvalue weighted by Crippen LogP contribution is -2.19. The Bertz CT molecular complexity index is 648. The minimum atomic E-state index is -1.13. The van der Waals surface area contributed by atoms with Gasteiger partial charge in [0.05, 0.1) is 23.6 Å². The van der Waals surface area contributed by atoms with Crippen LogP contribution in [0.15, 0.2) is 36.9 Å². The molecule has 0 aliphatic heterocycles. The van der Waals surface area contributed by atoms with E-state index in [-0.39, 0.29) is 16.3 Å². The zero-order valence-electron chi connectivity index (χ0n) is 10.0. The highest BCUT2D eigenvalue weighted by molar-refractivity contribution is 6.31. The Morgan fingerprint density at radius 1 is 1.05 bits per heavy atom. The quantitative estimate of drug-likeness (QED) is 0.806. The van der Waals surface area contributed by atoms with Crippen LogP contribution >= 0.6 is 11.6 Å². The molecule has 1 aromatic heterocycles. The molecule has 0 saturated carbocycles. The van der Waals surface area contributed by atoms with E-state index in [4.69, 9.17) is 16.7 Å². The van der Waals surface area contributed by atoms with Crippen LogP contribution in [0.5, 0.6) is 0 Å². The Kier molecular flexibility index (Phi) is 4.11. The van der Waals surface area contributed by atoms with Crippen molar-refractivity contribution in [3.8, 4) is 0 Å². The molecule has 1 aromatic carbocycles. The van der Waals surface area contributed by atoms with Gasteiger partial charge in [-0.05, 0) is 18.2 Å². The second-order valence-corrected chi connectivity index (χ2v) is 4.18. The molecular formula is C12H9ClN4O3. The van der Waals surface area contributed by atoms with E-state index in [0.717, 1.165) is 0 Å². The topological polar surface area (TPSA) is 104 Å². The van der Waals surface area contributed by atoms with E-state index >= 15 is 0 Å². The van der Waals surface area contributed by atoms with Crippen molar-refractivity contribution < 1.29 is 14.7 Å². The van der Waals surface area contributed by atoms with E-state index < -0.39 is 12.0 Å². The van der Waals surface area contributed by atoms with Crippen molar-refractivity contribution in [1.29, 1.82) is 0 Å². The lowest BCUT2D eigenvalue weighted by atomic mass is 10.2. The SMILES string of the molecule is O=C(Nc1cncnc1)Nc1cc(Cl)cc(C(=O)O)c1. The molecule has 0 aliphatic rings. The van der Waals surface area contributed by atoms with Crippen LogP contribution in [0.1, 0.15) is 10.4 Å². The van der Waals surface area contributed by atoms with E-state index in [1.165, 1.54) is 36.9 Å². The van der Waals surface area contributed by atoms with Gasteiger partial charge in [0, 0.05) is 10.7 Å². The van der Waals surface area contributed by atoms with Gasteiger partial charge in [-0.3, -0.25) is 0 Å². The monoisotopic (exact) mass is 292 g/mol. The number of carboxylic acids is 1. The Hall–Kier alpha value is -2.67. The van der Waals surface area contributed by atoms with Crippen molar-refractivity contribution in [2.45, 2.75) is 0 Å². The minimum absolute atomic E-state index is 0.0177. The van der Waals surface area contributed by atoms with E-state index in [9.17, 15) is 9.59 Å². The van der Waals surface area contributed by atoms with Crippen molar-refractivity contribution in [1.82, 2.24) is 9.97 Å². The van der Waals surface area contributed by atoms with Crippen LogP contribution in [-0.2, 0) is 0 Å². The second kappa shape index (κ2) is 5.98. The number of carbonyl (C=O) groups is 2. The lowest BCUT2D eigenvalue weighted by Gasteiger charge is -2.08. The zero-order valence-corrected chi connectivity index (χ0v) is 10.8. The molecule has 3 N–H and O–H groups in total. The fourth-order valence-corrected chi connectivity index (χ4v) is 1.68. The number of nitrogens with zero attached hydrogens (tertiary/aromatic N) is 2. The first-order valence-corrected chi connectivity index (χ1v) is 5.79. The normalized spacial score (nSPS) is 9.85. The van der Waals surface area contributed by atoms with Gasteiger partial charge in [-0.1, -0.05) is 11.6 Å². The summed E-state index contributed by atoms with van der Waals surface area (Å²) in [6, 6.07) is 3.47. The van der Waals surface area contributed by atoms with Gasteiger partial charge >= 0.3 is 12.0 Å². The van der Waals surface area contributed by atoms with Crippen LogP contribution in [0.4, 0.5) is 16.2 Å². The molecule has 0 radical (unpaired) electrons. The van der Waals surface area contributed by atoms with Crippen molar-refractivity contribution in [2.24, 2.45) is 0 Å². The van der Waals surface area contributed by atoms with Gasteiger partial charge in [0.1, 0.15) is 6.33 Å². The smallest absolute Gasteiger partial charge is 0.335 e. The van der Waals surface area contributed by atoms with Gasteiger partial charge in [-0.25, -0.2) is 19.6 Å². The molecule has 0 atom stereocenters. The first-order valence-electron chi connectivity index (χ1n) is 5.41. The number of aromatic nitrogens is 2. The number of aromatic carboxylic acids is 1. The molecule has 0 spiro atoms. The summed E-state index contributed by atoms with van der Waals surface area (Å²) < 4.78 is 0. The molecule has 2 rings (SSSR count). The van der Waals surface area contributed by atoms with Gasteiger partial charge < -0.3 is 15.7 Å². The number of urea groups is 1. The maximum absolute atomic E-state index is 11.7. The average molecular weight is 293 g/mol. The molecule has 2 amide bonds. The van der Waals surface area contributed by atoms with E-state index in [1.54, 1.807) is 0 Å². The van der Waals surface area contributed by atoms with E-state index in [2.05, 4.69) is 20.6 Å². The highest BCUT2D eigenvalue weighted by atomic mass is 35.5. The summed E-state index contributed by atoms with van der Waals surface area (Å²) in [5, 5.41) is 14.1. The number of halogens is 1. The summed E-state index contributed by atoms with van der Waals surface area (Å²) in [6.45, 7) is 0. The third-order valence-corrected chi connectivity index (χ3v) is 2.44. The van der Waals surface area contributed by atoms with Crippen molar-refractivity contribution in [2.75, 3.05) is 10.6 Å². The van der Waals surface area contributed by atoms with Crippen LogP contribution < -0.4 is 10.6 Å².